The number of anilines is 1. The number of esters is 1. The number of aromatic nitrogens is 1. The molecule has 2 aromatic rings. The van der Waals surface area contributed by atoms with E-state index in [1.807, 2.05) is 24.3 Å². The van der Waals surface area contributed by atoms with E-state index in [0.29, 0.717) is 33.8 Å². The lowest BCUT2D eigenvalue weighted by atomic mass is 10.0. The Hall–Kier alpha value is -2.73. The molecule has 1 aromatic heterocycles. The number of nitrogens with zero attached hydrogens (tertiary/aromatic N) is 2. The molecule has 1 aliphatic rings. The lowest BCUT2D eigenvalue weighted by molar-refractivity contribution is 0.0526. The predicted octanol–water partition coefficient (Wildman–Crippen LogP) is 4.70. The van der Waals surface area contributed by atoms with Crippen LogP contribution in [0, 0.1) is 6.92 Å². The van der Waals surface area contributed by atoms with E-state index < -0.39 is 5.97 Å². The molecule has 1 unspecified atom stereocenters. The topological polar surface area (TPSA) is 71.5 Å². The molecule has 0 aliphatic heterocycles. The van der Waals surface area contributed by atoms with Gasteiger partial charge in [-0.05, 0) is 53.2 Å². The number of ketones is 1. The van der Waals surface area contributed by atoms with Gasteiger partial charge in [-0.15, -0.1) is 0 Å². The standard InChI is InChI=1S/C25H33N3O3/c1-6-28(7-2)15-11-12-16(4)26-23-20(25(30)31-8-3)17(5)27-22-18-13-9-10-14-19(18)24(29)21(22)23/h9-10,13-14,16H,6-8,11-12,15H2,1-5H3,(H,26,27). The van der Waals surface area contributed by atoms with Gasteiger partial charge in [0, 0.05) is 17.2 Å². The van der Waals surface area contributed by atoms with Gasteiger partial charge in [-0.2, -0.15) is 0 Å². The predicted molar refractivity (Wildman–Crippen MR) is 124 cm³/mol. The summed E-state index contributed by atoms with van der Waals surface area (Å²) in [5.74, 6) is -0.543. The third kappa shape index (κ3) is 4.64. The van der Waals surface area contributed by atoms with Crippen molar-refractivity contribution < 1.29 is 14.3 Å². The summed E-state index contributed by atoms with van der Waals surface area (Å²) in [6.45, 7) is 13.4. The molecule has 0 bridgehead atoms. The van der Waals surface area contributed by atoms with Gasteiger partial charge in [0.05, 0.1) is 29.2 Å². The van der Waals surface area contributed by atoms with Crippen LogP contribution < -0.4 is 5.32 Å². The van der Waals surface area contributed by atoms with Crippen molar-refractivity contribution in [2.75, 3.05) is 31.6 Å². The van der Waals surface area contributed by atoms with Crippen molar-refractivity contribution >= 4 is 17.4 Å². The highest BCUT2D eigenvalue weighted by Gasteiger charge is 2.35. The molecule has 6 nitrogen and oxygen atoms in total. The molecule has 1 aromatic carbocycles. The quantitative estimate of drug-likeness (QED) is 0.477. The molecule has 1 aliphatic carbocycles. The Bertz CT molecular complexity index is 967. The number of pyridine rings is 1. The van der Waals surface area contributed by atoms with Crippen molar-refractivity contribution in [3.63, 3.8) is 0 Å². The molecular formula is C25H33N3O3. The van der Waals surface area contributed by atoms with Crippen molar-refractivity contribution in [1.82, 2.24) is 9.88 Å². The maximum atomic E-state index is 13.3. The normalized spacial score (nSPS) is 13.2. The number of hydrogen-bond acceptors (Lipinski definition) is 6. The summed E-state index contributed by atoms with van der Waals surface area (Å²) in [7, 11) is 0. The summed E-state index contributed by atoms with van der Waals surface area (Å²) >= 11 is 0. The number of ether oxygens (including phenoxy) is 1. The van der Waals surface area contributed by atoms with Gasteiger partial charge in [-0.25, -0.2) is 4.79 Å². The number of benzene rings is 1. The summed E-state index contributed by atoms with van der Waals surface area (Å²) < 4.78 is 5.31. The van der Waals surface area contributed by atoms with Crippen molar-refractivity contribution in [2.45, 2.75) is 53.5 Å². The van der Waals surface area contributed by atoms with E-state index in [4.69, 9.17) is 4.74 Å². The minimum atomic E-state index is -0.447. The molecule has 0 fully saturated rings. The van der Waals surface area contributed by atoms with Crippen LogP contribution in [-0.2, 0) is 4.74 Å². The van der Waals surface area contributed by atoms with E-state index in [0.717, 1.165) is 38.0 Å². The molecule has 166 valence electrons. The maximum Gasteiger partial charge on any atom is 0.342 e. The van der Waals surface area contributed by atoms with E-state index in [9.17, 15) is 9.59 Å². The fraction of sp³-hybridized carbons (Fsp3) is 0.480. The molecule has 31 heavy (non-hydrogen) atoms. The number of nitrogens with one attached hydrogen (secondary N) is 1. The number of fused-ring (bicyclic) bond motifs is 3. The van der Waals surface area contributed by atoms with Crippen molar-refractivity contribution in [1.29, 1.82) is 0 Å². The van der Waals surface area contributed by atoms with Crippen LogP contribution >= 0.6 is 0 Å². The zero-order chi connectivity index (χ0) is 22.5. The van der Waals surface area contributed by atoms with Crippen molar-refractivity contribution in [3.8, 4) is 11.3 Å². The van der Waals surface area contributed by atoms with Gasteiger partial charge in [0.15, 0.2) is 5.78 Å². The molecule has 6 heteroatoms. The van der Waals surface area contributed by atoms with Crippen LogP contribution in [0.15, 0.2) is 24.3 Å². The minimum Gasteiger partial charge on any atom is -0.462 e. The van der Waals surface area contributed by atoms with Crippen molar-refractivity contribution in [3.05, 3.63) is 46.6 Å². The highest BCUT2D eigenvalue weighted by atomic mass is 16.5. The lowest BCUT2D eigenvalue weighted by Gasteiger charge is -2.23. The van der Waals surface area contributed by atoms with Gasteiger partial charge in [-0.3, -0.25) is 9.78 Å². The van der Waals surface area contributed by atoms with E-state index in [1.165, 1.54) is 0 Å². The first-order valence-electron chi connectivity index (χ1n) is 11.3. The zero-order valence-electron chi connectivity index (χ0n) is 19.2. The smallest absolute Gasteiger partial charge is 0.342 e. The summed E-state index contributed by atoms with van der Waals surface area (Å²) in [4.78, 5) is 33.1. The van der Waals surface area contributed by atoms with Crippen LogP contribution in [0.25, 0.3) is 11.3 Å². The SMILES string of the molecule is CCOC(=O)c1c(C)nc2c(c1NC(C)CCCN(CC)CC)C(=O)c1ccccc1-2. The van der Waals surface area contributed by atoms with Gasteiger partial charge in [0.1, 0.15) is 5.56 Å². The number of rotatable bonds is 10. The summed E-state index contributed by atoms with van der Waals surface area (Å²) in [5.41, 5.74) is 4.05. The van der Waals surface area contributed by atoms with Gasteiger partial charge in [0.25, 0.3) is 0 Å². The monoisotopic (exact) mass is 423 g/mol. The average Bonchev–Trinajstić information content (AvgIpc) is 3.03. The fourth-order valence-electron chi connectivity index (χ4n) is 4.22. The lowest BCUT2D eigenvalue weighted by Crippen LogP contribution is -2.26. The summed E-state index contributed by atoms with van der Waals surface area (Å²) in [5, 5.41) is 3.49. The van der Waals surface area contributed by atoms with Gasteiger partial charge >= 0.3 is 5.97 Å². The Balaban J connectivity index is 1.97. The van der Waals surface area contributed by atoms with Crippen LogP contribution in [0.3, 0.4) is 0 Å². The van der Waals surface area contributed by atoms with Gasteiger partial charge < -0.3 is 15.0 Å². The second-order valence-electron chi connectivity index (χ2n) is 7.98. The van der Waals surface area contributed by atoms with Crippen LogP contribution in [-0.4, -0.2) is 53.9 Å². The number of hydrogen-bond donors (Lipinski definition) is 1. The maximum absolute atomic E-state index is 13.3. The number of carbonyl (C=O) groups excluding carboxylic acids is 2. The Kier molecular flexibility index (Phi) is 7.44. The summed E-state index contributed by atoms with van der Waals surface area (Å²) in [6.07, 6.45) is 1.96. The third-order valence-electron chi connectivity index (χ3n) is 5.91. The number of carbonyl (C=O) groups is 2. The molecule has 0 amide bonds. The number of aryl methyl sites for hydroxylation is 1. The van der Waals surface area contributed by atoms with Gasteiger partial charge in [0.2, 0.25) is 0 Å². The molecule has 1 atom stereocenters. The molecule has 3 rings (SSSR count). The van der Waals surface area contributed by atoms with Crippen molar-refractivity contribution in [2.24, 2.45) is 0 Å². The zero-order valence-corrected chi connectivity index (χ0v) is 19.2. The first-order valence-corrected chi connectivity index (χ1v) is 11.3. The first-order chi connectivity index (χ1) is 14.9. The Labute approximate surface area is 185 Å². The molecular weight excluding hydrogens is 390 g/mol. The summed E-state index contributed by atoms with van der Waals surface area (Å²) in [6, 6.07) is 7.57. The molecule has 0 radical (unpaired) electrons. The minimum absolute atomic E-state index is 0.0890. The average molecular weight is 424 g/mol. The van der Waals surface area contributed by atoms with Crippen LogP contribution in [0.5, 0.6) is 0 Å². The van der Waals surface area contributed by atoms with E-state index in [1.54, 1.807) is 13.8 Å². The van der Waals surface area contributed by atoms with E-state index in [2.05, 4.69) is 36.0 Å². The van der Waals surface area contributed by atoms with Crippen LogP contribution in [0.2, 0.25) is 0 Å². The largest absolute Gasteiger partial charge is 0.462 e. The first kappa shape index (κ1) is 22.9. The molecule has 1 heterocycles. The van der Waals surface area contributed by atoms with Crippen LogP contribution in [0.1, 0.15) is 72.5 Å². The molecule has 0 saturated carbocycles. The highest BCUT2D eigenvalue weighted by molar-refractivity contribution is 6.25. The highest BCUT2D eigenvalue weighted by Crippen LogP contribution is 2.41. The molecule has 1 N–H and O–H groups in total. The second kappa shape index (κ2) is 10.1. The van der Waals surface area contributed by atoms with Crippen LogP contribution in [0.4, 0.5) is 5.69 Å². The van der Waals surface area contributed by atoms with Gasteiger partial charge in [-0.1, -0.05) is 38.1 Å². The van der Waals surface area contributed by atoms with E-state index >= 15 is 0 Å². The molecule has 0 saturated heterocycles. The second-order valence-corrected chi connectivity index (χ2v) is 7.98. The Morgan fingerprint density at radius 3 is 2.48 bits per heavy atom. The third-order valence-corrected chi connectivity index (χ3v) is 5.91. The molecule has 0 spiro atoms. The Morgan fingerprint density at radius 2 is 1.84 bits per heavy atom. The Morgan fingerprint density at radius 1 is 1.16 bits per heavy atom. The van der Waals surface area contributed by atoms with E-state index in [-0.39, 0.29) is 18.4 Å². The fourth-order valence-corrected chi connectivity index (χ4v) is 4.22.